The maximum Gasteiger partial charge on any atom is 0.274 e. The number of nitro groups is 1. The van der Waals surface area contributed by atoms with Crippen LogP contribution in [0.4, 0.5) is 0 Å². The van der Waals surface area contributed by atoms with Crippen molar-refractivity contribution in [3.05, 3.63) is 55.9 Å². The zero-order valence-corrected chi connectivity index (χ0v) is 11.6. The molecule has 19 heavy (non-hydrogen) atoms. The van der Waals surface area contributed by atoms with E-state index in [1.54, 1.807) is 12.1 Å². The molecule has 5 nitrogen and oxygen atoms in total. The van der Waals surface area contributed by atoms with Crippen molar-refractivity contribution in [3.63, 3.8) is 0 Å². The molecule has 1 aliphatic rings. The Balaban J connectivity index is 2.17. The molecule has 1 aromatic carbocycles. The van der Waals surface area contributed by atoms with E-state index < -0.39 is 4.92 Å². The summed E-state index contributed by atoms with van der Waals surface area (Å²) in [5, 5.41) is 14.8. The van der Waals surface area contributed by atoms with Crippen LogP contribution in [0, 0.1) is 10.1 Å². The van der Waals surface area contributed by atoms with E-state index in [9.17, 15) is 10.1 Å². The van der Waals surface area contributed by atoms with Gasteiger partial charge in [-0.1, -0.05) is 29.3 Å². The van der Waals surface area contributed by atoms with Crippen LogP contribution in [0.1, 0.15) is 12.0 Å². The van der Waals surface area contributed by atoms with Crippen LogP contribution in [-0.2, 0) is 6.54 Å². The SMILES string of the molecule is O=[N+]([O-])/C=C1\NCCCN1Cc1ccc(Cl)cc1Cl. The predicted octanol–water partition coefficient (Wildman–Crippen LogP) is 2.86. The maximum absolute atomic E-state index is 10.6. The fourth-order valence-electron chi connectivity index (χ4n) is 1.97. The largest absolute Gasteiger partial charge is 0.367 e. The highest BCUT2D eigenvalue weighted by Gasteiger charge is 2.18. The van der Waals surface area contributed by atoms with Gasteiger partial charge in [-0.05, 0) is 24.1 Å². The molecule has 0 unspecified atom stereocenters. The fourth-order valence-corrected chi connectivity index (χ4v) is 2.43. The molecule has 1 N–H and O–H groups in total. The molecular weight excluding hydrogens is 289 g/mol. The van der Waals surface area contributed by atoms with E-state index in [2.05, 4.69) is 5.32 Å². The third kappa shape index (κ3) is 3.75. The Morgan fingerprint density at radius 1 is 1.47 bits per heavy atom. The first-order valence-electron chi connectivity index (χ1n) is 5.84. The number of hydrogen-bond acceptors (Lipinski definition) is 4. The summed E-state index contributed by atoms with van der Waals surface area (Å²) in [5.41, 5.74) is 0.893. The molecule has 2 rings (SSSR count). The molecule has 0 amide bonds. The second-order valence-electron chi connectivity index (χ2n) is 4.24. The lowest BCUT2D eigenvalue weighted by Crippen LogP contribution is -2.39. The van der Waals surface area contributed by atoms with Crippen molar-refractivity contribution < 1.29 is 4.92 Å². The lowest BCUT2D eigenvalue weighted by molar-refractivity contribution is -0.405. The van der Waals surface area contributed by atoms with Crippen molar-refractivity contribution in [1.29, 1.82) is 0 Å². The first kappa shape index (κ1) is 14.0. The van der Waals surface area contributed by atoms with Gasteiger partial charge in [0.2, 0.25) is 0 Å². The summed E-state index contributed by atoms with van der Waals surface area (Å²) >= 11 is 12.0. The van der Waals surface area contributed by atoms with Crippen LogP contribution in [0.3, 0.4) is 0 Å². The zero-order chi connectivity index (χ0) is 13.8. The van der Waals surface area contributed by atoms with Crippen LogP contribution in [0.2, 0.25) is 10.0 Å². The quantitative estimate of drug-likeness (QED) is 0.689. The Morgan fingerprint density at radius 2 is 2.26 bits per heavy atom. The average molecular weight is 302 g/mol. The van der Waals surface area contributed by atoms with Gasteiger partial charge in [0.15, 0.2) is 5.82 Å². The molecule has 7 heteroatoms. The van der Waals surface area contributed by atoms with Crippen LogP contribution in [0.25, 0.3) is 0 Å². The normalized spacial score (nSPS) is 17.4. The van der Waals surface area contributed by atoms with E-state index >= 15 is 0 Å². The molecule has 1 aromatic rings. The van der Waals surface area contributed by atoms with E-state index in [4.69, 9.17) is 23.2 Å². The second kappa shape index (κ2) is 6.12. The highest BCUT2D eigenvalue weighted by Crippen LogP contribution is 2.23. The average Bonchev–Trinajstić information content (AvgIpc) is 2.34. The third-order valence-electron chi connectivity index (χ3n) is 2.86. The van der Waals surface area contributed by atoms with Gasteiger partial charge in [0, 0.05) is 29.7 Å². The summed E-state index contributed by atoms with van der Waals surface area (Å²) in [6.07, 6.45) is 1.92. The molecule has 0 aromatic heterocycles. The molecule has 0 saturated carbocycles. The molecule has 0 bridgehead atoms. The van der Waals surface area contributed by atoms with Gasteiger partial charge in [0.05, 0.1) is 4.92 Å². The minimum atomic E-state index is -0.454. The van der Waals surface area contributed by atoms with Crippen LogP contribution >= 0.6 is 23.2 Å². The van der Waals surface area contributed by atoms with Gasteiger partial charge in [0.1, 0.15) is 0 Å². The van der Waals surface area contributed by atoms with E-state index in [0.29, 0.717) is 22.4 Å². The minimum Gasteiger partial charge on any atom is -0.367 e. The third-order valence-corrected chi connectivity index (χ3v) is 3.44. The Kier molecular flexibility index (Phi) is 4.50. The Hall–Kier alpha value is -1.46. The number of nitrogens with one attached hydrogen (secondary N) is 1. The minimum absolute atomic E-state index is 0.454. The van der Waals surface area contributed by atoms with E-state index in [-0.39, 0.29) is 0 Å². The fraction of sp³-hybridized carbons (Fsp3) is 0.333. The lowest BCUT2D eigenvalue weighted by Gasteiger charge is -2.31. The van der Waals surface area contributed by atoms with E-state index in [1.807, 2.05) is 11.0 Å². The van der Waals surface area contributed by atoms with Crippen molar-refractivity contribution in [2.24, 2.45) is 0 Å². The first-order chi connectivity index (χ1) is 9.06. The Bertz CT molecular complexity index is 520. The molecule has 1 saturated heterocycles. The Morgan fingerprint density at radius 3 is 2.95 bits per heavy atom. The molecular formula is C12H13Cl2N3O2. The van der Waals surface area contributed by atoms with Gasteiger partial charge in [0.25, 0.3) is 6.20 Å². The molecule has 1 fully saturated rings. The van der Waals surface area contributed by atoms with E-state index in [1.165, 1.54) is 0 Å². The van der Waals surface area contributed by atoms with Gasteiger partial charge < -0.3 is 10.2 Å². The molecule has 1 aliphatic heterocycles. The van der Waals surface area contributed by atoms with Crippen LogP contribution in [0.15, 0.2) is 30.2 Å². The van der Waals surface area contributed by atoms with Crippen LogP contribution in [-0.4, -0.2) is 22.9 Å². The van der Waals surface area contributed by atoms with E-state index in [0.717, 1.165) is 31.3 Å². The molecule has 1 heterocycles. The topological polar surface area (TPSA) is 58.4 Å². The highest BCUT2D eigenvalue weighted by atomic mass is 35.5. The number of halogens is 2. The van der Waals surface area contributed by atoms with Crippen molar-refractivity contribution in [1.82, 2.24) is 10.2 Å². The molecule has 0 radical (unpaired) electrons. The van der Waals surface area contributed by atoms with Gasteiger partial charge >= 0.3 is 0 Å². The monoisotopic (exact) mass is 301 g/mol. The van der Waals surface area contributed by atoms with Gasteiger partial charge in [-0.15, -0.1) is 0 Å². The maximum atomic E-state index is 10.6. The Labute approximate surface area is 120 Å². The molecule has 0 spiro atoms. The number of hydrogen-bond donors (Lipinski definition) is 1. The van der Waals surface area contributed by atoms with Crippen LogP contribution in [0.5, 0.6) is 0 Å². The summed E-state index contributed by atoms with van der Waals surface area (Å²) in [6, 6.07) is 5.27. The van der Waals surface area contributed by atoms with Crippen LogP contribution < -0.4 is 5.32 Å². The highest BCUT2D eigenvalue weighted by molar-refractivity contribution is 6.35. The zero-order valence-electron chi connectivity index (χ0n) is 10.1. The smallest absolute Gasteiger partial charge is 0.274 e. The summed E-state index contributed by atoms with van der Waals surface area (Å²) in [5.74, 6) is 0.516. The van der Waals surface area contributed by atoms with Crippen molar-refractivity contribution in [2.75, 3.05) is 13.1 Å². The standard InChI is InChI=1S/C12H13Cl2N3O2/c13-10-3-2-9(11(14)6-10)7-16-5-1-4-15-12(16)8-17(18)19/h2-3,6,8,15H,1,4-5,7H2/b12-8+. The van der Waals surface area contributed by atoms with Gasteiger partial charge in [-0.3, -0.25) is 10.1 Å². The summed E-state index contributed by atoms with van der Waals surface area (Å²) in [6.45, 7) is 2.01. The molecule has 0 aliphatic carbocycles. The molecule has 102 valence electrons. The number of benzene rings is 1. The predicted molar refractivity (Wildman–Crippen MR) is 74.6 cm³/mol. The van der Waals surface area contributed by atoms with Crippen molar-refractivity contribution >= 4 is 23.2 Å². The van der Waals surface area contributed by atoms with Crippen molar-refractivity contribution in [2.45, 2.75) is 13.0 Å². The first-order valence-corrected chi connectivity index (χ1v) is 6.60. The summed E-state index contributed by atoms with van der Waals surface area (Å²) in [7, 11) is 0. The second-order valence-corrected chi connectivity index (χ2v) is 5.08. The lowest BCUT2D eigenvalue weighted by atomic mass is 10.2. The van der Waals surface area contributed by atoms with Gasteiger partial charge in [-0.25, -0.2) is 0 Å². The summed E-state index contributed by atoms with van der Waals surface area (Å²) in [4.78, 5) is 12.0. The number of nitrogens with zero attached hydrogens (tertiary/aromatic N) is 2. The van der Waals surface area contributed by atoms with Crippen molar-refractivity contribution in [3.8, 4) is 0 Å². The van der Waals surface area contributed by atoms with Gasteiger partial charge in [-0.2, -0.15) is 0 Å². The number of rotatable bonds is 3. The summed E-state index contributed by atoms with van der Waals surface area (Å²) < 4.78 is 0. The molecule has 0 atom stereocenters.